The van der Waals surface area contributed by atoms with Gasteiger partial charge < -0.3 is 9.73 Å². The van der Waals surface area contributed by atoms with Crippen LogP contribution in [-0.4, -0.2) is 16.7 Å². The van der Waals surface area contributed by atoms with Crippen LogP contribution in [0.3, 0.4) is 0 Å². The summed E-state index contributed by atoms with van der Waals surface area (Å²) in [5.74, 6) is 0.804. The third kappa shape index (κ3) is 4.30. The molecule has 3 rings (SSSR count). The Bertz CT molecular complexity index is 850. The maximum absolute atomic E-state index is 12.8. The van der Waals surface area contributed by atoms with Crippen LogP contribution in [0.4, 0.5) is 18.9 Å². The fraction of sp³-hybridized carbons (Fsp3) is 0.176. The van der Waals surface area contributed by atoms with Crippen LogP contribution in [0.25, 0.3) is 11.5 Å². The van der Waals surface area contributed by atoms with Gasteiger partial charge in [-0.1, -0.05) is 29.8 Å². The average molecular weight is 368 g/mol. The van der Waals surface area contributed by atoms with Crippen LogP contribution in [0.15, 0.2) is 52.9 Å². The number of nitrogens with zero attached hydrogens (tertiary/aromatic N) is 2. The maximum Gasteiger partial charge on any atom is 0.417 e. The first-order valence-electron chi connectivity index (χ1n) is 7.42. The molecule has 3 aromatic rings. The highest BCUT2D eigenvalue weighted by atomic mass is 35.5. The van der Waals surface area contributed by atoms with E-state index in [1.165, 1.54) is 12.1 Å². The van der Waals surface area contributed by atoms with Crippen LogP contribution in [0.1, 0.15) is 11.5 Å². The van der Waals surface area contributed by atoms with Gasteiger partial charge in [-0.05, 0) is 30.3 Å². The Morgan fingerprint density at radius 1 is 1.04 bits per heavy atom. The molecular formula is C17H13ClF3N3O. The molecule has 0 atom stereocenters. The van der Waals surface area contributed by atoms with Crippen molar-refractivity contribution in [3.8, 4) is 11.5 Å². The molecule has 0 bridgehead atoms. The first-order chi connectivity index (χ1) is 11.9. The van der Waals surface area contributed by atoms with E-state index in [0.29, 0.717) is 30.4 Å². The van der Waals surface area contributed by atoms with Gasteiger partial charge >= 0.3 is 6.18 Å². The SMILES string of the molecule is FC(F)(F)c1cc(NCCc2nnc(-c3ccccc3)o2)ccc1Cl. The zero-order valence-corrected chi connectivity index (χ0v) is 13.6. The number of alkyl halides is 3. The Kier molecular flexibility index (Phi) is 4.94. The largest absolute Gasteiger partial charge is 0.421 e. The quantitative estimate of drug-likeness (QED) is 0.684. The summed E-state index contributed by atoms with van der Waals surface area (Å²) in [4.78, 5) is 0. The molecule has 0 amide bonds. The highest BCUT2D eigenvalue weighted by molar-refractivity contribution is 6.31. The molecule has 0 saturated heterocycles. The Labute approximate surface area is 146 Å². The molecule has 0 aliphatic carbocycles. The lowest BCUT2D eigenvalue weighted by Crippen LogP contribution is -2.09. The van der Waals surface area contributed by atoms with E-state index >= 15 is 0 Å². The minimum absolute atomic E-state index is 0.319. The van der Waals surface area contributed by atoms with Crippen molar-refractivity contribution < 1.29 is 17.6 Å². The fourth-order valence-corrected chi connectivity index (χ4v) is 2.44. The van der Waals surface area contributed by atoms with Crippen molar-refractivity contribution in [1.82, 2.24) is 10.2 Å². The van der Waals surface area contributed by atoms with Crippen molar-refractivity contribution in [3.63, 3.8) is 0 Å². The second kappa shape index (κ2) is 7.14. The Morgan fingerprint density at radius 2 is 1.80 bits per heavy atom. The van der Waals surface area contributed by atoms with Crippen LogP contribution in [0.2, 0.25) is 5.02 Å². The number of hydrogen-bond acceptors (Lipinski definition) is 4. The van der Waals surface area contributed by atoms with Crippen molar-refractivity contribution in [2.75, 3.05) is 11.9 Å². The lowest BCUT2D eigenvalue weighted by atomic mass is 10.2. The molecule has 0 fully saturated rings. The zero-order valence-electron chi connectivity index (χ0n) is 12.8. The van der Waals surface area contributed by atoms with Crippen LogP contribution >= 0.6 is 11.6 Å². The number of benzene rings is 2. The first kappa shape index (κ1) is 17.3. The second-order valence-corrected chi connectivity index (χ2v) is 5.64. The monoisotopic (exact) mass is 367 g/mol. The fourth-order valence-electron chi connectivity index (χ4n) is 2.22. The number of aromatic nitrogens is 2. The van der Waals surface area contributed by atoms with Crippen LogP contribution in [0, 0.1) is 0 Å². The van der Waals surface area contributed by atoms with Gasteiger partial charge in [0, 0.05) is 24.2 Å². The van der Waals surface area contributed by atoms with Crippen LogP contribution in [0.5, 0.6) is 0 Å². The lowest BCUT2D eigenvalue weighted by molar-refractivity contribution is -0.137. The molecule has 25 heavy (non-hydrogen) atoms. The summed E-state index contributed by atoms with van der Waals surface area (Å²) in [6.45, 7) is 0.343. The topological polar surface area (TPSA) is 51.0 Å². The van der Waals surface area contributed by atoms with E-state index in [1.54, 1.807) is 0 Å². The number of nitrogens with one attached hydrogen (secondary N) is 1. The molecule has 1 N–H and O–H groups in total. The Balaban J connectivity index is 1.61. The molecule has 1 heterocycles. The number of anilines is 1. The van der Waals surface area contributed by atoms with Gasteiger partial charge in [-0.3, -0.25) is 0 Å². The molecule has 0 aliphatic rings. The van der Waals surface area contributed by atoms with E-state index in [-0.39, 0.29) is 5.02 Å². The molecule has 0 aliphatic heterocycles. The summed E-state index contributed by atoms with van der Waals surface area (Å²) in [5.41, 5.74) is 0.254. The molecule has 0 saturated carbocycles. The summed E-state index contributed by atoms with van der Waals surface area (Å²) >= 11 is 5.59. The Hall–Kier alpha value is -2.54. The summed E-state index contributed by atoms with van der Waals surface area (Å²) in [6.07, 6.45) is -4.12. The van der Waals surface area contributed by atoms with E-state index in [9.17, 15) is 13.2 Å². The predicted octanol–water partition coefficient (Wildman–Crippen LogP) is 5.06. The van der Waals surface area contributed by atoms with E-state index in [0.717, 1.165) is 11.6 Å². The highest BCUT2D eigenvalue weighted by Crippen LogP contribution is 2.36. The van der Waals surface area contributed by atoms with Gasteiger partial charge in [0.25, 0.3) is 0 Å². The maximum atomic E-state index is 12.8. The van der Waals surface area contributed by atoms with Crippen molar-refractivity contribution in [2.24, 2.45) is 0 Å². The molecule has 1 aromatic heterocycles. The predicted molar refractivity (Wildman–Crippen MR) is 88.4 cm³/mol. The van der Waals surface area contributed by atoms with Gasteiger partial charge in [0.2, 0.25) is 11.8 Å². The third-order valence-electron chi connectivity index (χ3n) is 3.43. The van der Waals surface area contributed by atoms with Crippen LogP contribution < -0.4 is 5.32 Å². The van der Waals surface area contributed by atoms with Gasteiger partial charge in [-0.25, -0.2) is 0 Å². The van der Waals surface area contributed by atoms with Gasteiger partial charge in [0.1, 0.15) is 0 Å². The normalized spacial score (nSPS) is 11.5. The second-order valence-electron chi connectivity index (χ2n) is 5.24. The van der Waals surface area contributed by atoms with Crippen molar-refractivity contribution >= 4 is 17.3 Å². The van der Waals surface area contributed by atoms with Crippen molar-refractivity contribution in [2.45, 2.75) is 12.6 Å². The van der Waals surface area contributed by atoms with E-state index in [2.05, 4.69) is 15.5 Å². The molecule has 0 spiro atoms. The third-order valence-corrected chi connectivity index (χ3v) is 3.76. The standard InChI is InChI=1S/C17H13ClF3N3O/c18-14-7-6-12(10-13(14)17(19,20)21)22-9-8-15-23-24-16(25-15)11-4-2-1-3-5-11/h1-7,10,22H,8-9H2. The molecule has 0 unspecified atom stereocenters. The van der Waals surface area contributed by atoms with Crippen LogP contribution in [-0.2, 0) is 12.6 Å². The zero-order chi connectivity index (χ0) is 17.9. The number of hydrogen-bond donors (Lipinski definition) is 1. The van der Waals surface area contributed by atoms with E-state index < -0.39 is 11.7 Å². The lowest BCUT2D eigenvalue weighted by Gasteiger charge is -2.11. The first-order valence-corrected chi connectivity index (χ1v) is 7.80. The van der Waals surface area contributed by atoms with E-state index in [1.807, 2.05) is 30.3 Å². The summed E-state index contributed by atoms with van der Waals surface area (Å²) in [6, 6.07) is 13.0. The minimum Gasteiger partial charge on any atom is -0.421 e. The number of rotatable bonds is 5. The molecule has 2 aromatic carbocycles. The van der Waals surface area contributed by atoms with Gasteiger partial charge in [0.15, 0.2) is 0 Å². The molecule has 130 valence electrons. The van der Waals surface area contributed by atoms with Gasteiger partial charge in [0.05, 0.1) is 10.6 Å². The average Bonchev–Trinajstić information content (AvgIpc) is 3.05. The summed E-state index contributed by atoms with van der Waals surface area (Å²) in [5, 5.41) is 10.5. The van der Waals surface area contributed by atoms with E-state index in [4.69, 9.17) is 16.0 Å². The number of halogens is 4. The minimum atomic E-state index is -4.49. The smallest absolute Gasteiger partial charge is 0.417 e. The summed E-state index contributed by atoms with van der Waals surface area (Å²) in [7, 11) is 0. The van der Waals surface area contributed by atoms with Crippen molar-refractivity contribution in [1.29, 1.82) is 0 Å². The highest BCUT2D eigenvalue weighted by Gasteiger charge is 2.33. The van der Waals surface area contributed by atoms with Gasteiger partial charge in [-0.2, -0.15) is 13.2 Å². The Morgan fingerprint density at radius 3 is 2.52 bits per heavy atom. The molecule has 8 heteroatoms. The molecule has 4 nitrogen and oxygen atoms in total. The summed E-state index contributed by atoms with van der Waals surface area (Å²) < 4.78 is 44.0. The van der Waals surface area contributed by atoms with Crippen molar-refractivity contribution in [3.05, 3.63) is 65.0 Å². The molecule has 0 radical (unpaired) electrons. The molecular weight excluding hydrogens is 355 g/mol. The van der Waals surface area contributed by atoms with Gasteiger partial charge in [-0.15, -0.1) is 10.2 Å².